The van der Waals surface area contributed by atoms with Crippen LogP contribution in [0.15, 0.2) is 170 Å². The van der Waals surface area contributed by atoms with Crippen molar-refractivity contribution in [2.24, 2.45) is 0 Å². The maximum absolute atomic E-state index is 8.99. The number of fused-ring (bicyclic) bond motifs is 10. The molecule has 0 saturated heterocycles. The monoisotopic (exact) mass is 683 g/mol. The number of hydrogen-bond donors (Lipinski definition) is 0. The number of rotatable bonds is 4. The number of nitrogens with zero attached hydrogens (tertiary/aromatic N) is 4. The average Bonchev–Trinajstić information content (AvgIpc) is 3.85. The molecule has 0 radical (unpaired) electrons. The van der Waals surface area contributed by atoms with Crippen LogP contribution >= 0.6 is 0 Å². The quantitative estimate of drug-likeness (QED) is 0.185. The molecule has 0 aliphatic heterocycles. The highest BCUT2D eigenvalue weighted by Gasteiger charge is 2.35. The van der Waals surface area contributed by atoms with Crippen LogP contribution in [0.25, 0.3) is 88.9 Å². The lowest BCUT2D eigenvalue weighted by Gasteiger charge is -2.21. The van der Waals surface area contributed by atoms with Crippen molar-refractivity contribution in [1.82, 2.24) is 19.1 Å². The molecule has 3 heterocycles. The first kappa shape index (κ1) is 25.2. The van der Waals surface area contributed by atoms with Crippen molar-refractivity contribution < 1.29 is 6.85 Å². The first-order valence-corrected chi connectivity index (χ1v) is 17.9. The minimum absolute atomic E-state index is 0.0240. The van der Waals surface area contributed by atoms with Crippen molar-refractivity contribution in [2.75, 3.05) is 0 Å². The van der Waals surface area contributed by atoms with E-state index in [1.54, 1.807) is 6.07 Å². The third kappa shape index (κ3) is 4.30. The van der Waals surface area contributed by atoms with Gasteiger partial charge in [0.2, 0.25) is 0 Å². The van der Waals surface area contributed by atoms with Crippen molar-refractivity contribution >= 4 is 43.6 Å². The zero-order valence-electron chi connectivity index (χ0n) is 34.1. The molecule has 3 aromatic heterocycles. The van der Waals surface area contributed by atoms with E-state index in [0.29, 0.717) is 11.6 Å². The standard InChI is InChI=1S/C49H34N4/c1-49(2)39-22-12-9-19-34(39)38-29-32(25-27-40(38)49)48-50-41(31-15-5-3-6-16-31)30-45(51-48)53-43-24-14-11-21-37(43)46-44(53)28-26-36-35-20-10-13-23-42(35)52(47(36)46)33-17-7-4-8-18-33/h3-30H,1-2H3/i3D,5D,6D,15D,16D. The van der Waals surface area contributed by atoms with Gasteiger partial charge in [-0.1, -0.05) is 141 Å². The highest BCUT2D eigenvalue weighted by atomic mass is 15.1. The second kappa shape index (κ2) is 11.1. The first-order chi connectivity index (χ1) is 28.1. The van der Waals surface area contributed by atoms with Gasteiger partial charge in [-0.15, -0.1) is 0 Å². The molecule has 0 saturated carbocycles. The molecule has 1 aliphatic rings. The van der Waals surface area contributed by atoms with E-state index in [9.17, 15) is 0 Å². The second-order valence-corrected chi connectivity index (χ2v) is 14.3. The molecule has 11 rings (SSSR count). The smallest absolute Gasteiger partial charge is 0.162 e. The minimum Gasteiger partial charge on any atom is -0.309 e. The van der Waals surface area contributed by atoms with E-state index < -0.39 is 18.1 Å². The third-order valence-electron chi connectivity index (χ3n) is 11.0. The van der Waals surface area contributed by atoms with Crippen LogP contribution in [0.1, 0.15) is 31.8 Å². The highest BCUT2D eigenvalue weighted by molar-refractivity contribution is 6.26. The molecule has 0 spiro atoms. The Morgan fingerprint density at radius 2 is 1.23 bits per heavy atom. The van der Waals surface area contributed by atoms with Crippen LogP contribution in [-0.2, 0) is 5.41 Å². The maximum Gasteiger partial charge on any atom is 0.162 e. The van der Waals surface area contributed by atoms with Gasteiger partial charge in [0.05, 0.1) is 34.6 Å². The van der Waals surface area contributed by atoms with Crippen molar-refractivity contribution in [3.05, 3.63) is 181 Å². The van der Waals surface area contributed by atoms with Crippen LogP contribution in [0.2, 0.25) is 0 Å². The van der Waals surface area contributed by atoms with E-state index >= 15 is 0 Å². The van der Waals surface area contributed by atoms with Crippen LogP contribution in [0.5, 0.6) is 0 Å². The molecule has 0 N–H and O–H groups in total. The first-order valence-electron chi connectivity index (χ1n) is 20.4. The predicted octanol–water partition coefficient (Wildman–Crippen LogP) is 12.3. The Morgan fingerprint density at radius 1 is 0.528 bits per heavy atom. The Bertz CT molecular complexity index is 3350. The fourth-order valence-corrected chi connectivity index (χ4v) is 8.64. The number of hydrogen-bond acceptors (Lipinski definition) is 2. The van der Waals surface area contributed by atoms with Crippen molar-refractivity contribution in [3.63, 3.8) is 0 Å². The largest absolute Gasteiger partial charge is 0.309 e. The maximum atomic E-state index is 8.99. The molecule has 7 aromatic carbocycles. The summed E-state index contributed by atoms with van der Waals surface area (Å²) in [5.41, 5.74) is 10.6. The normalized spacial score (nSPS) is 14.6. The van der Waals surface area contributed by atoms with Crippen LogP contribution in [-0.4, -0.2) is 19.1 Å². The highest BCUT2D eigenvalue weighted by Crippen LogP contribution is 2.49. The van der Waals surface area contributed by atoms with Gasteiger partial charge in [-0.05, 0) is 58.7 Å². The molecule has 0 fully saturated rings. The summed E-state index contributed by atoms with van der Waals surface area (Å²) < 4.78 is 47.9. The summed E-state index contributed by atoms with van der Waals surface area (Å²) in [4.78, 5) is 10.3. The van der Waals surface area contributed by atoms with E-state index in [0.717, 1.165) is 66.0 Å². The fraction of sp³-hybridized carbons (Fsp3) is 0.0612. The lowest BCUT2D eigenvalue weighted by Crippen LogP contribution is -2.14. The Labute approximate surface area is 314 Å². The minimum atomic E-state index is -0.451. The van der Waals surface area contributed by atoms with Crippen LogP contribution in [0, 0.1) is 0 Å². The number of benzene rings is 7. The Morgan fingerprint density at radius 3 is 2.06 bits per heavy atom. The summed E-state index contributed by atoms with van der Waals surface area (Å²) in [6.45, 7) is 4.48. The van der Waals surface area contributed by atoms with Crippen LogP contribution in [0.3, 0.4) is 0 Å². The summed E-state index contributed by atoms with van der Waals surface area (Å²) in [6.07, 6.45) is 0. The van der Waals surface area contributed by atoms with Gasteiger partial charge < -0.3 is 4.57 Å². The van der Waals surface area contributed by atoms with Gasteiger partial charge in [-0.2, -0.15) is 0 Å². The topological polar surface area (TPSA) is 35.6 Å². The molecule has 4 nitrogen and oxygen atoms in total. The zero-order valence-corrected chi connectivity index (χ0v) is 29.1. The predicted molar refractivity (Wildman–Crippen MR) is 219 cm³/mol. The van der Waals surface area contributed by atoms with E-state index in [2.05, 4.69) is 132 Å². The van der Waals surface area contributed by atoms with E-state index in [-0.39, 0.29) is 28.8 Å². The fourth-order valence-electron chi connectivity index (χ4n) is 8.64. The zero-order chi connectivity index (χ0) is 39.6. The molecule has 4 heteroatoms. The lowest BCUT2D eigenvalue weighted by atomic mass is 9.82. The number of aromatic nitrogens is 4. The SMILES string of the molecule is [2H]c1c([2H])c([2H])c(-c2cc(-n3c4ccccc4c4c3ccc3c5ccccc5n(-c5ccccc5)c34)nc(-c3ccc4c(c3)-c3ccccc3C4(C)C)n2)c([2H])c1[2H]. The van der Waals surface area contributed by atoms with E-state index in [1.165, 1.54) is 11.1 Å². The summed E-state index contributed by atoms with van der Waals surface area (Å²) in [7, 11) is 0. The van der Waals surface area contributed by atoms with Gasteiger partial charge in [0.25, 0.3) is 0 Å². The molecule has 0 unspecified atom stereocenters. The third-order valence-corrected chi connectivity index (χ3v) is 11.0. The van der Waals surface area contributed by atoms with Crippen molar-refractivity contribution in [3.8, 4) is 45.3 Å². The number of para-hydroxylation sites is 3. The van der Waals surface area contributed by atoms with Crippen LogP contribution in [0.4, 0.5) is 0 Å². The summed E-state index contributed by atoms with van der Waals surface area (Å²) in [5, 5.41) is 4.35. The molecular formula is C49H34N4. The van der Waals surface area contributed by atoms with Crippen LogP contribution < -0.4 is 0 Å². The van der Waals surface area contributed by atoms with E-state index in [1.807, 2.05) is 24.3 Å². The average molecular weight is 684 g/mol. The van der Waals surface area contributed by atoms with Gasteiger partial charge in [0.15, 0.2) is 5.82 Å². The second-order valence-electron chi connectivity index (χ2n) is 14.3. The molecular weight excluding hydrogens is 645 g/mol. The molecule has 250 valence electrons. The van der Waals surface area contributed by atoms with Crippen molar-refractivity contribution in [1.29, 1.82) is 0 Å². The Kier molecular flexibility index (Phi) is 5.29. The molecule has 10 aromatic rings. The van der Waals surface area contributed by atoms with Gasteiger partial charge >= 0.3 is 0 Å². The summed E-state index contributed by atoms with van der Waals surface area (Å²) in [6, 6.07) is 46.1. The molecule has 0 atom stereocenters. The van der Waals surface area contributed by atoms with Gasteiger partial charge in [-0.25, -0.2) is 9.97 Å². The summed E-state index contributed by atoms with van der Waals surface area (Å²) in [5.74, 6) is 0.899. The van der Waals surface area contributed by atoms with Gasteiger partial charge in [0.1, 0.15) is 5.82 Å². The Balaban J connectivity index is 1.25. The molecule has 0 bridgehead atoms. The van der Waals surface area contributed by atoms with E-state index in [4.69, 9.17) is 16.8 Å². The molecule has 1 aliphatic carbocycles. The summed E-state index contributed by atoms with van der Waals surface area (Å²) >= 11 is 0. The lowest BCUT2D eigenvalue weighted by molar-refractivity contribution is 0.660. The molecule has 0 amide bonds. The Hall–Kier alpha value is -6.78. The van der Waals surface area contributed by atoms with Gasteiger partial charge in [-0.3, -0.25) is 4.57 Å². The molecule has 53 heavy (non-hydrogen) atoms. The van der Waals surface area contributed by atoms with Crippen molar-refractivity contribution in [2.45, 2.75) is 19.3 Å². The van der Waals surface area contributed by atoms with Gasteiger partial charge in [0, 0.05) is 49.8 Å².